The highest BCUT2D eigenvalue weighted by Gasteiger charge is 2.25. The van der Waals surface area contributed by atoms with Crippen LogP contribution in [0, 0.1) is 0 Å². The quantitative estimate of drug-likeness (QED) is 0.670. The third kappa shape index (κ3) is 7.21. The molecule has 7 nitrogen and oxygen atoms in total. The number of carboxylic acid groups (broad SMARTS) is 1. The maximum absolute atomic E-state index is 11.7. The molecule has 1 atom stereocenters. The number of aliphatic carboxylic acids is 1. The molecule has 2 N–H and O–H groups in total. The monoisotopic (exact) mass is 335 g/mol. The Kier molecular flexibility index (Phi) is 5.87. The average molecular weight is 335 g/mol. The Bertz CT molecular complexity index is 682. The summed E-state index contributed by atoms with van der Waals surface area (Å²) in [5, 5.41) is 9.08. The third-order valence-electron chi connectivity index (χ3n) is 2.63. The van der Waals surface area contributed by atoms with Gasteiger partial charge in [-0.3, -0.25) is 4.79 Å². The van der Waals surface area contributed by atoms with Crippen molar-refractivity contribution in [3.63, 3.8) is 0 Å². The van der Waals surface area contributed by atoms with E-state index >= 15 is 0 Å². The molecule has 0 aliphatic rings. The van der Waals surface area contributed by atoms with Crippen LogP contribution in [0.2, 0.25) is 0 Å². The highest BCUT2D eigenvalue weighted by molar-refractivity contribution is 7.93. The summed E-state index contributed by atoms with van der Waals surface area (Å²) in [7, 11) is -7.43. The highest BCUT2D eigenvalue weighted by Crippen LogP contribution is 2.05. The van der Waals surface area contributed by atoms with E-state index in [2.05, 4.69) is 0 Å². The van der Waals surface area contributed by atoms with Crippen LogP contribution in [0.15, 0.2) is 30.3 Å². The molecule has 1 rings (SSSR count). The van der Waals surface area contributed by atoms with E-state index in [1.807, 2.05) is 4.72 Å². The molecule has 0 saturated heterocycles. The maximum Gasteiger partial charge on any atom is 0.322 e. The van der Waals surface area contributed by atoms with Crippen molar-refractivity contribution >= 4 is 25.8 Å². The SMILES string of the molecule is CS(=O)(=O)CCS(=O)(=O)N[C@H](Cc1ccccc1)C(=O)O. The largest absolute Gasteiger partial charge is 0.480 e. The van der Waals surface area contributed by atoms with Crippen LogP contribution in [-0.4, -0.2) is 51.7 Å². The van der Waals surface area contributed by atoms with Gasteiger partial charge >= 0.3 is 5.97 Å². The van der Waals surface area contributed by atoms with Crippen LogP contribution in [0.25, 0.3) is 0 Å². The normalized spacial score (nSPS) is 13.8. The van der Waals surface area contributed by atoms with Crippen LogP contribution >= 0.6 is 0 Å². The number of carbonyl (C=O) groups is 1. The lowest BCUT2D eigenvalue weighted by molar-refractivity contribution is -0.138. The molecule has 0 fully saturated rings. The number of benzene rings is 1. The molecule has 21 heavy (non-hydrogen) atoms. The lowest BCUT2D eigenvalue weighted by atomic mass is 10.1. The second-order valence-electron chi connectivity index (χ2n) is 4.65. The van der Waals surface area contributed by atoms with Gasteiger partial charge in [0.25, 0.3) is 0 Å². The Morgan fingerprint density at radius 3 is 2.19 bits per heavy atom. The zero-order chi connectivity index (χ0) is 16.1. The molecule has 0 heterocycles. The second-order valence-corrected chi connectivity index (χ2v) is 8.78. The van der Waals surface area contributed by atoms with E-state index in [1.54, 1.807) is 30.3 Å². The van der Waals surface area contributed by atoms with Crippen LogP contribution in [0.5, 0.6) is 0 Å². The molecule has 0 saturated carbocycles. The van der Waals surface area contributed by atoms with Gasteiger partial charge < -0.3 is 5.11 Å². The predicted molar refractivity (Wildman–Crippen MR) is 78.2 cm³/mol. The van der Waals surface area contributed by atoms with Gasteiger partial charge in [-0.2, -0.15) is 0 Å². The average Bonchev–Trinajstić information content (AvgIpc) is 2.36. The van der Waals surface area contributed by atoms with Crippen molar-refractivity contribution in [3.8, 4) is 0 Å². The summed E-state index contributed by atoms with van der Waals surface area (Å²) < 4.78 is 47.5. The summed E-state index contributed by atoms with van der Waals surface area (Å²) in [4.78, 5) is 11.1. The first-order valence-electron chi connectivity index (χ1n) is 6.03. The van der Waals surface area contributed by atoms with Gasteiger partial charge in [-0.1, -0.05) is 30.3 Å². The van der Waals surface area contributed by atoms with Crippen molar-refractivity contribution < 1.29 is 26.7 Å². The molecule has 0 spiro atoms. The maximum atomic E-state index is 11.7. The highest BCUT2D eigenvalue weighted by atomic mass is 32.2. The minimum Gasteiger partial charge on any atom is -0.480 e. The van der Waals surface area contributed by atoms with E-state index in [-0.39, 0.29) is 6.42 Å². The predicted octanol–water partition coefficient (Wildman–Crippen LogP) is -0.354. The number of nitrogens with one attached hydrogen (secondary N) is 1. The summed E-state index contributed by atoms with van der Waals surface area (Å²) in [5.74, 6) is -2.54. The summed E-state index contributed by atoms with van der Waals surface area (Å²) >= 11 is 0. The van der Waals surface area contributed by atoms with Crippen molar-refractivity contribution in [2.75, 3.05) is 17.8 Å². The van der Waals surface area contributed by atoms with E-state index in [4.69, 9.17) is 5.11 Å². The Morgan fingerprint density at radius 2 is 1.71 bits per heavy atom. The van der Waals surface area contributed by atoms with Gasteiger partial charge in [0.15, 0.2) is 0 Å². The number of carboxylic acids is 1. The van der Waals surface area contributed by atoms with Gasteiger partial charge in [-0.25, -0.2) is 21.6 Å². The van der Waals surface area contributed by atoms with Crippen molar-refractivity contribution in [2.45, 2.75) is 12.5 Å². The van der Waals surface area contributed by atoms with Crippen LogP contribution in [-0.2, 0) is 31.1 Å². The summed E-state index contributed by atoms with van der Waals surface area (Å²) in [6.07, 6.45) is 0.898. The van der Waals surface area contributed by atoms with Crippen molar-refractivity contribution in [2.24, 2.45) is 0 Å². The lowest BCUT2D eigenvalue weighted by Crippen LogP contribution is -2.44. The molecular formula is C12H17NO6S2. The molecule has 1 aromatic carbocycles. The van der Waals surface area contributed by atoms with Crippen LogP contribution < -0.4 is 4.72 Å². The first kappa shape index (κ1) is 17.6. The van der Waals surface area contributed by atoms with E-state index in [0.717, 1.165) is 6.26 Å². The summed E-state index contributed by atoms with van der Waals surface area (Å²) in [5.41, 5.74) is 0.663. The molecule has 0 aliphatic carbocycles. The number of hydrogen-bond acceptors (Lipinski definition) is 5. The summed E-state index contributed by atoms with van der Waals surface area (Å²) in [6, 6.07) is 7.22. The summed E-state index contributed by atoms with van der Waals surface area (Å²) in [6.45, 7) is 0. The fourth-order valence-electron chi connectivity index (χ4n) is 1.57. The molecule has 9 heteroatoms. The minimum absolute atomic E-state index is 0.0196. The van der Waals surface area contributed by atoms with E-state index in [0.29, 0.717) is 5.56 Å². The smallest absolute Gasteiger partial charge is 0.322 e. The lowest BCUT2D eigenvalue weighted by Gasteiger charge is -2.14. The zero-order valence-electron chi connectivity index (χ0n) is 11.4. The number of hydrogen-bond donors (Lipinski definition) is 2. The zero-order valence-corrected chi connectivity index (χ0v) is 13.0. The standard InChI is InChI=1S/C12H17NO6S2/c1-20(16,17)7-8-21(18,19)13-11(12(14)15)9-10-5-3-2-4-6-10/h2-6,11,13H,7-9H2,1H3,(H,14,15)/t11-/m1/s1. The van der Waals surface area contributed by atoms with Gasteiger partial charge in [0.1, 0.15) is 15.9 Å². The van der Waals surface area contributed by atoms with Gasteiger partial charge in [0, 0.05) is 6.26 Å². The van der Waals surface area contributed by atoms with Crippen molar-refractivity contribution in [1.29, 1.82) is 0 Å². The Labute approximate surface area is 124 Å². The first-order valence-corrected chi connectivity index (χ1v) is 9.75. The Hall–Kier alpha value is -1.45. The molecule has 1 aromatic rings. The molecule has 0 unspecified atom stereocenters. The second kappa shape index (κ2) is 7.01. The van der Waals surface area contributed by atoms with Gasteiger partial charge in [-0.05, 0) is 12.0 Å². The molecule has 0 aromatic heterocycles. The molecule has 0 amide bonds. The molecule has 0 aliphatic heterocycles. The fraction of sp³-hybridized carbons (Fsp3) is 0.417. The molecule has 0 bridgehead atoms. The number of rotatable bonds is 8. The van der Waals surface area contributed by atoms with E-state index in [1.165, 1.54) is 0 Å². The van der Waals surface area contributed by atoms with Crippen molar-refractivity contribution in [3.05, 3.63) is 35.9 Å². The van der Waals surface area contributed by atoms with Crippen molar-refractivity contribution in [1.82, 2.24) is 4.72 Å². The van der Waals surface area contributed by atoms with Gasteiger partial charge in [0.2, 0.25) is 10.0 Å². The molecule has 118 valence electrons. The first-order chi connectivity index (χ1) is 9.59. The Morgan fingerprint density at radius 1 is 1.14 bits per heavy atom. The van der Waals surface area contributed by atoms with Crippen LogP contribution in [0.3, 0.4) is 0 Å². The fourth-order valence-corrected chi connectivity index (χ4v) is 4.39. The molecular weight excluding hydrogens is 318 g/mol. The van der Waals surface area contributed by atoms with E-state index in [9.17, 15) is 21.6 Å². The van der Waals surface area contributed by atoms with E-state index < -0.39 is 43.4 Å². The Balaban J connectivity index is 2.76. The molecule has 0 radical (unpaired) electrons. The minimum atomic E-state index is -3.99. The number of sulfone groups is 1. The van der Waals surface area contributed by atoms with Crippen LogP contribution in [0.1, 0.15) is 5.56 Å². The van der Waals surface area contributed by atoms with Gasteiger partial charge in [-0.15, -0.1) is 0 Å². The topological polar surface area (TPSA) is 118 Å². The number of sulfonamides is 1. The van der Waals surface area contributed by atoms with Gasteiger partial charge in [0.05, 0.1) is 11.5 Å². The van der Waals surface area contributed by atoms with Crippen LogP contribution in [0.4, 0.5) is 0 Å². The third-order valence-corrected chi connectivity index (χ3v) is 5.21.